The van der Waals surface area contributed by atoms with Gasteiger partial charge in [0.2, 0.25) is 0 Å². The maximum atomic E-state index is 12.6. The van der Waals surface area contributed by atoms with Crippen LogP contribution < -0.4 is 4.74 Å². The molecule has 2 aromatic rings. The van der Waals surface area contributed by atoms with Crippen LogP contribution in [0.1, 0.15) is 79.9 Å². The lowest BCUT2D eigenvalue weighted by Crippen LogP contribution is -2.55. The van der Waals surface area contributed by atoms with E-state index in [0.717, 1.165) is 5.69 Å². The number of hydrogen-bond donors (Lipinski definition) is 0. The first kappa shape index (κ1) is 26.9. The Hall–Kier alpha value is -3.20. The predicted molar refractivity (Wildman–Crippen MR) is 139 cm³/mol. The van der Waals surface area contributed by atoms with Crippen LogP contribution in [0, 0.1) is 6.92 Å². The van der Waals surface area contributed by atoms with Gasteiger partial charge in [0.25, 0.3) is 0 Å². The van der Waals surface area contributed by atoms with Crippen LogP contribution >= 0.6 is 0 Å². The molecule has 3 heterocycles. The molecule has 0 aromatic carbocycles. The highest BCUT2D eigenvalue weighted by Crippen LogP contribution is 2.40. The number of ether oxygens (including phenoxy) is 3. The average molecular weight is 511 g/mol. The molecular formula is C28H38N4O5. The number of carbonyl (C=O) groups is 2. The molecule has 37 heavy (non-hydrogen) atoms. The fourth-order valence-electron chi connectivity index (χ4n) is 4.57. The first-order chi connectivity index (χ1) is 17.5. The molecule has 1 aliphatic heterocycles. The lowest BCUT2D eigenvalue weighted by molar-refractivity contribution is -0.00317. The third-order valence-corrected chi connectivity index (χ3v) is 6.66. The molecule has 0 spiro atoms. The van der Waals surface area contributed by atoms with E-state index in [2.05, 4.69) is 16.0 Å². The maximum absolute atomic E-state index is 12.6. The fraction of sp³-hybridized carbons (Fsp3) is 0.571. The van der Waals surface area contributed by atoms with Crippen molar-refractivity contribution in [3.63, 3.8) is 0 Å². The van der Waals surface area contributed by atoms with E-state index in [-0.39, 0.29) is 23.9 Å². The van der Waals surface area contributed by atoms with Gasteiger partial charge >= 0.3 is 12.1 Å². The topological polar surface area (TPSA) is 94.1 Å². The fourth-order valence-corrected chi connectivity index (χ4v) is 4.57. The molecule has 0 bridgehead atoms. The summed E-state index contributed by atoms with van der Waals surface area (Å²) < 4.78 is 16.8. The minimum Gasteiger partial charge on any atom is -0.481 e. The van der Waals surface area contributed by atoms with Gasteiger partial charge in [-0.2, -0.15) is 0 Å². The van der Waals surface area contributed by atoms with Gasteiger partial charge in [-0.25, -0.2) is 14.6 Å². The number of nitrogens with zero attached hydrogens (tertiary/aromatic N) is 4. The molecule has 4 rings (SSSR count). The summed E-state index contributed by atoms with van der Waals surface area (Å²) >= 11 is 0. The van der Waals surface area contributed by atoms with Gasteiger partial charge in [-0.15, -0.1) is 0 Å². The number of aryl methyl sites for hydroxylation is 1. The van der Waals surface area contributed by atoms with Crippen molar-refractivity contribution in [2.24, 2.45) is 0 Å². The molecule has 200 valence electrons. The number of hydrogen-bond acceptors (Lipinski definition) is 8. The van der Waals surface area contributed by atoms with Gasteiger partial charge in [0.1, 0.15) is 11.4 Å². The van der Waals surface area contributed by atoms with E-state index in [0.29, 0.717) is 43.4 Å². The molecule has 0 N–H and O–H groups in total. The van der Waals surface area contributed by atoms with Gasteiger partial charge in [-0.1, -0.05) is 6.07 Å². The first-order valence-electron chi connectivity index (χ1n) is 12.9. The summed E-state index contributed by atoms with van der Waals surface area (Å²) in [5, 5.41) is 0. The lowest BCUT2D eigenvalue weighted by Gasteiger charge is -2.41. The molecule has 2 aromatic heterocycles. The van der Waals surface area contributed by atoms with Crippen molar-refractivity contribution in [2.45, 2.75) is 71.1 Å². The van der Waals surface area contributed by atoms with Crippen molar-refractivity contribution < 1.29 is 23.8 Å². The zero-order valence-corrected chi connectivity index (χ0v) is 22.7. The van der Waals surface area contributed by atoms with E-state index in [9.17, 15) is 9.59 Å². The molecule has 2 aliphatic rings. The summed E-state index contributed by atoms with van der Waals surface area (Å²) in [6.45, 7) is 12.0. The van der Waals surface area contributed by atoms with Crippen molar-refractivity contribution in [1.29, 1.82) is 0 Å². The van der Waals surface area contributed by atoms with Gasteiger partial charge in [-0.3, -0.25) is 9.88 Å². The Morgan fingerprint density at radius 1 is 1.14 bits per heavy atom. The van der Waals surface area contributed by atoms with E-state index >= 15 is 0 Å². The smallest absolute Gasteiger partial charge is 0.410 e. The summed E-state index contributed by atoms with van der Waals surface area (Å²) in [6.07, 6.45) is 5.32. The number of amides is 1. The first-order valence-corrected chi connectivity index (χ1v) is 12.9. The van der Waals surface area contributed by atoms with Gasteiger partial charge in [-0.05, 0) is 76.6 Å². The second-order valence-corrected chi connectivity index (χ2v) is 11.0. The monoisotopic (exact) mass is 510 g/mol. The highest BCUT2D eigenvalue weighted by molar-refractivity contribution is 5.88. The Morgan fingerprint density at radius 2 is 1.89 bits per heavy atom. The van der Waals surface area contributed by atoms with Crippen LogP contribution in [0.2, 0.25) is 0 Å². The number of carbonyl (C=O) groups excluding carboxylic acids is 2. The predicted octanol–water partition coefficient (Wildman–Crippen LogP) is 4.51. The van der Waals surface area contributed by atoms with E-state index in [1.54, 1.807) is 24.1 Å². The Morgan fingerprint density at radius 3 is 2.46 bits per heavy atom. The van der Waals surface area contributed by atoms with Crippen LogP contribution in [0.25, 0.3) is 0 Å². The number of methoxy groups -OCH3 is 1. The Bertz CT molecular complexity index is 1110. The van der Waals surface area contributed by atoms with Crippen molar-refractivity contribution in [3.05, 3.63) is 53.1 Å². The molecule has 9 heteroatoms. The highest BCUT2D eigenvalue weighted by Gasteiger charge is 2.33. The molecule has 1 unspecified atom stereocenters. The highest BCUT2D eigenvalue weighted by atomic mass is 16.6. The van der Waals surface area contributed by atoms with E-state index in [1.165, 1.54) is 25.5 Å². The molecule has 1 amide bonds. The van der Waals surface area contributed by atoms with Crippen molar-refractivity contribution in [2.75, 3.05) is 33.3 Å². The largest absolute Gasteiger partial charge is 0.481 e. The number of piperazine rings is 1. The van der Waals surface area contributed by atoms with Crippen LogP contribution in [0.3, 0.4) is 0 Å². The van der Waals surface area contributed by atoms with Gasteiger partial charge in [0.05, 0.1) is 19.0 Å². The minimum absolute atomic E-state index is 0.00213. The summed E-state index contributed by atoms with van der Waals surface area (Å²) in [4.78, 5) is 37.7. The van der Waals surface area contributed by atoms with Crippen molar-refractivity contribution >= 4 is 12.1 Å². The molecule has 2 atom stereocenters. The summed E-state index contributed by atoms with van der Waals surface area (Å²) in [5.74, 6) is 0.707. The normalized spacial score (nSPS) is 19.3. The Labute approximate surface area is 219 Å². The second-order valence-electron chi connectivity index (χ2n) is 11.0. The molecule has 1 saturated carbocycles. The van der Waals surface area contributed by atoms with E-state index < -0.39 is 11.6 Å². The SMILES string of the molecule is COC(=O)c1ncc(OC(CN2CCN(C(=O)OC(C)(C)C)[C@H](C)C2)c2ccc(C3CC3)cn2)cc1C. The Kier molecular flexibility index (Phi) is 8.02. The molecule has 0 radical (unpaired) electrons. The standard InChI is InChI=1S/C28H38N4O5/c1-18-13-22(15-30-25(18)26(33)35-6)36-24(23-10-9-21(14-29-23)20-7-8-20)17-31-11-12-32(19(2)16-31)27(34)37-28(3,4)5/h9-10,13-15,19-20,24H,7-8,11-12,16-17H2,1-6H3/t19-,24?/m1/s1. The van der Waals surface area contributed by atoms with Gasteiger partial charge < -0.3 is 19.1 Å². The summed E-state index contributed by atoms with van der Waals surface area (Å²) in [5.41, 5.74) is 2.52. The van der Waals surface area contributed by atoms with E-state index in [4.69, 9.17) is 19.2 Å². The summed E-state index contributed by atoms with van der Waals surface area (Å²) in [7, 11) is 1.34. The van der Waals surface area contributed by atoms with Crippen LogP contribution in [0.15, 0.2) is 30.6 Å². The van der Waals surface area contributed by atoms with E-state index in [1.807, 2.05) is 40.0 Å². The van der Waals surface area contributed by atoms with Crippen LogP contribution in [-0.4, -0.2) is 76.8 Å². The van der Waals surface area contributed by atoms with Crippen LogP contribution in [0.5, 0.6) is 5.75 Å². The number of pyridine rings is 2. The van der Waals surface area contributed by atoms with Crippen LogP contribution in [-0.2, 0) is 9.47 Å². The zero-order chi connectivity index (χ0) is 26.7. The zero-order valence-electron chi connectivity index (χ0n) is 22.7. The third kappa shape index (κ3) is 6.97. The Balaban J connectivity index is 1.49. The molecular weight excluding hydrogens is 472 g/mol. The summed E-state index contributed by atoms with van der Waals surface area (Å²) in [6, 6.07) is 5.98. The molecule has 1 aliphatic carbocycles. The van der Waals surface area contributed by atoms with Gasteiger partial charge in [0, 0.05) is 38.4 Å². The quantitative estimate of drug-likeness (QED) is 0.502. The molecule has 1 saturated heterocycles. The van der Waals surface area contributed by atoms with Crippen LogP contribution in [0.4, 0.5) is 4.79 Å². The number of esters is 1. The maximum Gasteiger partial charge on any atom is 0.410 e. The molecule has 9 nitrogen and oxygen atoms in total. The minimum atomic E-state index is -0.527. The lowest BCUT2D eigenvalue weighted by atomic mass is 10.1. The van der Waals surface area contributed by atoms with Gasteiger partial charge in [0.15, 0.2) is 11.8 Å². The second kappa shape index (κ2) is 11.0. The van der Waals surface area contributed by atoms with Crippen molar-refractivity contribution in [3.8, 4) is 5.75 Å². The molecule has 2 fully saturated rings. The van der Waals surface area contributed by atoms with Crippen molar-refractivity contribution in [1.82, 2.24) is 19.8 Å². The third-order valence-electron chi connectivity index (χ3n) is 6.66. The number of rotatable bonds is 7. The number of aromatic nitrogens is 2. The average Bonchev–Trinajstić information content (AvgIpc) is 3.68.